The van der Waals surface area contributed by atoms with Gasteiger partial charge in [-0.05, 0) is 38.1 Å². The van der Waals surface area contributed by atoms with E-state index < -0.39 is 6.10 Å². The van der Waals surface area contributed by atoms with E-state index in [1.165, 1.54) is 0 Å². The van der Waals surface area contributed by atoms with Crippen molar-refractivity contribution in [3.8, 4) is 0 Å². The molecule has 8 nitrogen and oxygen atoms in total. The fourth-order valence-corrected chi connectivity index (χ4v) is 3.78. The molecule has 1 saturated heterocycles. The standard InChI is InChI=1S/C24H27N5O3/c1-15(2)27-23(30)18-13-20(28-19-7-5-4-6-17(18)19)21-14-29(10-11-32-21)24(31)16-8-9-26-22(12-16)25-3/h4-9,12-13,15,21H,10-11,14H2,1-3H3,(H,25,26)(H,27,30). The molecule has 1 aromatic carbocycles. The van der Waals surface area contributed by atoms with Gasteiger partial charge in [0.25, 0.3) is 11.8 Å². The van der Waals surface area contributed by atoms with Gasteiger partial charge in [-0.3, -0.25) is 9.59 Å². The van der Waals surface area contributed by atoms with Gasteiger partial charge in [0.15, 0.2) is 0 Å². The highest BCUT2D eigenvalue weighted by Crippen LogP contribution is 2.27. The molecule has 4 rings (SSSR count). The number of amides is 2. The molecule has 8 heteroatoms. The predicted molar refractivity (Wildman–Crippen MR) is 123 cm³/mol. The van der Waals surface area contributed by atoms with Gasteiger partial charge in [-0.25, -0.2) is 9.97 Å². The molecule has 0 radical (unpaired) electrons. The number of pyridine rings is 2. The zero-order valence-corrected chi connectivity index (χ0v) is 18.5. The predicted octanol–water partition coefficient (Wildman–Crippen LogP) is 3.02. The Kier molecular flexibility index (Phi) is 6.32. The Labute approximate surface area is 187 Å². The van der Waals surface area contributed by atoms with Crippen LogP contribution in [-0.4, -0.2) is 59.5 Å². The zero-order valence-electron chi connectivity index (χ0n) is 18.5. The third kappa shape index (κ3) is 4.55. The Morgan fingerprint density at radius 2 is 2.00 bits per heavy atom. The number of aromatic nitrogens is 2. The van der Waals surface area contributed by atoms with Gasteiger partial charge in [-0.15, -0.1) is 0 Å². The Bertz CT molecular complexity index is 1150. The van der Waals surface area contributed by atoms with E-state index in [0.717, 1.165) is 10.9 Å². The molecule has 3 aromatic rings. The molecule has 0 saturated carbocycles. The minimum absolute atomic E-state index is 0.0137. The Morgan fingerprint density at radius 3 is 2.78 bits per heavy atom. The van der Waals surface area contributed by atoms with Gasteiger partial charge < -0.3 is 20.3 Å². The smallest absolute Gasteiger partial charge is 0.254 e. The van der Waals surface area contributed by atoms with E-state index in [-0.39, 0.29) is 17.9 Å². The van der Waals surface area contributed by atoms with Crippen molar-refractivity contribution in [2.75, 3.05) is 32.1 Å². The van der Waals surface area contributed by atoms with Gasteiger partial charge in [0.05, 0.1) is 29.9 Å². The fourth-order valence-electron chi connectivity index (χ4n) is 3.78. The van der Waals surface area contributed by atoms with Gasteiger partial charge in [0.1, 0.15) is 11.9 Å². The molecule has 0 aliphatic carbocycles. The van der Waals surface area contributed by atoms with Crippen LogP contribution < -0.4 is 10.6 Å². The number of ether oxygens (including phenoxy) is 1. The molecule has 2 N–H and O–H groups in total. The number of nitrogens with zero attached hydrogens (tertiary/aromatic N) is 3. The average molecular weight is 434 g/mol. The summed E-state index contributed by atoms with van der Waals surface area (Å²) in [4.78, 5) is 36.6. The summed E-state index contributed by atoms with van der Waals surface area (Å²) in [5, 5.41) is 6.70. The largest absolute Gasteiger partial charge is 0.373 e. The van der Waals surface area contributed by atoms with Crippen molar-refractivity contribution in [2.45, 2.75) is 26.0 Å². The highest BCUT2D eigenvalue weighted by Gasteiger charge is 2.28. The maximum Gasteiger partial charge on any atom is 0.254 e. The summed E-state index contributed by atoms with van der Waals surface area (Å²) < 4.78 is 5.98. The minimum Gasteiger partial charge on any atom is -0.373 e. The lowest BCUT2D eigenvalue weighted by molar-refractivity contribution is -0.0246. The van der Waals surface area contributed by atoms with Crippen molar-refractivity contribution in [3.05, 3.63) is 65.5 Å². The SMILES string of the molecule is CNc1cc(C(=O)N2CCOC(c3cc(C(=O)NC(C)C)c4ccccc4n3)C2)ccn1. The second-order valence-electron chi connectivity index (χ2n) is 8.03. The number of para-hydroxylation sites is 1. The lowest BCUT2D eigenvalue weighted by Crippen LogP contribution is -2.42. The molecular formula is C24H27N5O3. The molecule has 166 valence electrons. The van der Waals surface area contributed by atoms with Crippen LogP contribution in [0.3, 0.4) is 0 Å². The summed E-state index contributed by atoms with van der Waals surface area (Å²) in [5.74, 6) is 0.397. The van der Waals surface area contributed by atoms with E-state index in [9.17, 15) is 9.59 Å². The number of hydrogen-bond acceptors (Lipinski definition) is 6. The highest BCUT2D eigenvalue weighted by molar-refractivity contribution is 6.06. The first-order valence-corrected chi connectivity index (χ1v) is 10.7. The number of anilines is 1. The normalized spacial score (nSPS) is 16.2. The van der Waals surface area contributed by atoms with E-state index in [1.807, 2.05) is 38.1 Å². The summed E-state index contributed by atoms with van der Waals surface area (Å²) in [6.45, 7) is 5.08. The van der Waals surface area contributed by atoms with E-state index >= 15 is 0 Å². The molecular weight excluding hydrogens is 406 g/mol. The van der Waals surface area contributed by atoms with Crippen LogP contribution in [-0.2, 0) is 4.74 Å². The van der Waals surface area contributed by atoms with E-state index in [0.29, 0.717) is 42.3 Å². The first-order chi connectivity index (χ1) is 15.5. The first kappa shape index (κ1) is 21.7. The number of nitrogens with one attached hydrogen (secondary N) is 2. The van der Waals surface area contributed by atoms with Crippen LogP contribution in [0.4, 0.5) is 5.82 Å². The molecule has 3 heterocycles. The van der Waals surface area contributed by atoms with Crippen molar-refractivity contribution < 1.29 is 14.3 Å². The van der Waals surface area contributed by atoms with Gasteiger partial charge in [-0.1, -0.05) is 18.2 Å². The van der Waals surface area contributed by atoms with Gasteiger partial charge in [-0.2, -0.15) is 0 Å². The number of carbonyl (C=O) groups excluding carboxylic acids is 2. The molecule has 1 atom stereocenters. The molecule has 0 bridgehead atoms. The fraction of sp³-hybridized carbons (Fsp3) is 0.333. The third-order valence-corrected chi connectivity index (χ3v) is 5.35. The van der Waals surface area contributed by atoms with E-state index in [1.54, 1.807) is 36.3 Å². The lowest BCUT2D eigenvalue weighted by atomic mass is 10.0. The summed E-state index contributed by atoms with van der Waals surface area (Å²) in [7, 11) is 1.76. The van der Waals surface area contributed by atoms with Crippen molar-refractivity contribution in [1.29, 1.82) is 0 Å². The Balaban J connectivity index is 1.63. The first-order valence-electron chi connectivity index (χ1n) is 10.7. The van der Waals surface area contributed by atoms with Crippen LogP contribution >= 0.6 is 0 Å². The van der Waals surface area contributed by atoms with Crippen molar-refractivity contribution in [3.63, 3.8) is 0 Å². The van der Waals surface area contributed by atoms with Gasteiger partial charge >= 0.3 is 0 Å². The lowest BCUT2D eigenvalue weighted by Gasteiger charge is -2.33. The van der Waals surface area contributed by atoms with Crippen LogP contribution in [0.15, 0.2) is 48.7 Å². The zero-order chi connectivity index (χ0) is 22.7. The van der Waals surface area contributed by atoms with Crippen LogP contribution in [0.1, 0.15) is 46.4 Å². The highest BCUT2D eigenvalue weighted by atomic mass is 16.5. The minimum atomic E-state index is -0.423. The summed E-state index contributed by atoms with van der Waals surface area (Å²) >= 11 is 0. The van der Waals surface area contributed by atoms with E-state index in [4.69, 9.17) is 9.72 Å². The topological polar surface area (TPSA) is 96.5 Å². The summed E-state index contributed by atoms with van der Waals surface area (Å²) in [6, 6.07) is 12.8. The second kappa shape index (κ2) is 9.32. The maximum atomic E-state index is 13.1. The summed E-state index contributed by atoms with van der Waals surface area (Å²) in [6.07, 6.45) is 1.19. The van der Waals surface area contributed by atoms with Gasteiger partial charge in [0, 0.05) is 36.8 Å². The molecule has 0 spiro atoms. The number of fused-ring (bicyclic) bond motifs is 1. The Hall–Kier alpha value is -3.52. The molecule has 1 fully saturated rings. The molecule has 2 aromatic heterocycles. The second-order valence-corrected chi connectivity index (χ2v) is 8.03. The van der Waals surface area contributed by atoms with Crippen molar-refractivity contribution in [2.24, 2.45) is 0 Å². The van der Waals surface area contributed by atoms with Crippen molar-refractivity contribution >= 4 is 28.5 Å². The molecule has 1 aliphatic heterocycles. The monoisotopic (exact) mass is 433 g/mol. The number of morpholine rings is 1. The van der Waals surface area contributed by atoms with Crippen molar-refractivity contribution in [1.82, 2.24) is 20.2 Å². The molecule has 1 aliphatic rings. The maximum absolute atomic E-state index is 13.1. The van der Waals surface area contributed by atoms with Crippen LogP contribution in [0, 0.1) is 0 Å². The molecule has 1 unspecified atom stereocenters. The summed E-state index contributed by atoms with van der Waals surface area (Å²) in [5.41, 5.74) is 2.48. The number of benzene rings is 1. The Morgan fingerprint density at radius 1 is 1.19 bits per heavy atom. The quantitative estimate of drug-likeness (QED) is 0.642. The number of carbonyl (C=O) groups is 2. The average Bonchev–Trinajstić information content (AvgIpc) is 2.82. The molecule has 2 amide bonds. The van der Waals surface area contributed by atoms with Crippen LogP contribution in [0.25, 0.3) is 10.9 Å². The number of rotatable bonds is 5. The number of hydrogen-bond donors (Lipinski definition) is 2. The van der Waals surface area contributed by atoms with E-state index in [2.05, 4.69) is 15.6 Å². The van der Waals surface area contributed by atoms with Gasteiger partial charge in [0.2, 0.25) is 0 Å². The van der Waals surface area contributed by atoms with Crippen LogP contribution in [0.5, 0.6) is 0 Å². The molecule has 32 heavy (non-hydrogen) atoms. The third-order valence-electron chi connectivity index (χ3n) is 5.35. The van der Waals surface area contributed by atoms with Crippen LogP contribution in [0.2, 0.25) is 0 Å².